The van der Waals surface area contributed by atoms with Crippen molar-refractivity contribution in [1.82, 2.24) is 24.3 Å². The molecule has 11 heteroatoms. The van der Waals surface area contributed by atoms with E-state index in [0.717, 1.165) is 5.56 Å². The van der Waals surface area contributed by atoms with Gasteiger partial charge in [0.25, 0.3) is 16.1 Å². The number of carbonyl (C=O) groups excluding carboxylic acids is 1. The number of carbonyl (C=O) groups is 1. The Morgan fingerprint density at radius 2 is 1.65 bits per heavy atom. The van der Waals surface area contributed by atoms with E-state index < -0.39 is 15.6 Å². The van der Waals surface area contributed by atoms with Gasteiger partial charge in [-0.2, -0.15) is 12.7 Å². The molecule has 0 aliphatic carbocycles. The molecule has 37 heavy (non-hydrogen) atoms. The number of nitrogens with zero attached hydrogens (tertiary/aromatic N) is 3. The number of nitrogens with one attached hydrogen (secondary N) is 3. The van der Waals surface area contributed by atoms with Gasteiger partial charge in [0.15, 0.2) is 0 Å². The molecule has 1 aliphatic rings. The van der Waals surface area contributed by atoms with E-state index in [1.165, 1.54) is 11.4 Å². The number of benzene rings is 2. The minimum absolute atomic E-state index is 0.204. The molecule has 0 spiro atoms. The lowest BCUT2D eigenvalue weighted by atomic mass is 9.73. The van der Waals surface area contributed by atoms with Crippen LogP contribution in [0.25, 0.3) is 0 Å². The van der Waals surface area contributed by atoms with Gasteiger partial charge in [0.1, 0.15) is 5.75 Å². The molecule has 10 nitrogen and oxygen atoms in total. The first-order valence-corrected chi connectivity index (χ1v) is 13.6. The molecular formula is C26H32N6O4S. The highest BCUT2D eigenvalue weighted by molar-refractivity contribution is 7.87. The van der Waals surface area contributed by atoms with Gasteiger partial charge in [0.05, 0.1) is 12.7 Å². The van der Waals surface area contributed by atoms with Gasteiger partial charge in [-0.15, -0.1) is 0 Å². The Bertz CT molecular complexity index is 1270. The molecule has 196 valence electrons. The van der Waals surface area contributed by atoms with Gasteiger partial charge in [0, 0.05) is 50.5 Å². The van der Waals surface area contributed by atoms with Crippen molar-refractivity contribution in [2.45, 2.75) is 18.3 Å². The van der Waals surface area contributed by atoms with Crippen LogP contribution in [0.2, 0.25) is 0 Å². The van der Waals surface area contributed by atoms with Crippen LogP contribution in [0.3, 0.4) is 0 Å². The molecule has 1 amide bonds. The minimum atomic E-state index is -3.65. The van der Waals surface area contributed by atoms with Crippen LogP contribution in [0.1, 0.15) is 28.8 Å². The predicted octanol–water partition coefficient (Wildman–Crippen LogP) is 2.20. The summed E-state index contributed by atoms with van der Waals surface area (Å²) >= 11 is 0. The maximum absolute atomic E-state index is 13.0. The SMILES string of the molecule is COc1ccccc1C(=O)NCC1(c2ccccc2)CCN(S(=O)(=O)NCCNc2ncccn2)CC1. The molecule has 2 heterocycles. The maximum atomic E-state index is 13.0. The van der Waals surface area contributed by atoms with E-state index in [0.29, 0.717) is 56.3 Å². The molecule has 1 aromatic heterocycles. The number of hydrogen-bond donors (Lipinski definition) is 3. The van der Waals surface area contributed by atoms with Crippen molar-refractivity contribution in [3.63, 3.8) is 0 Å². The highest BCUT2D eigenvalue weighted by Gasteiger charge is 2.39. The van der Waals surface area contributed by atoms with Gasteiger partial charge < -0.3 is 15.4 Å². The quantitative estimate of drug-likeness (QED) is 0.328. The van der Waals surface area contributed by atoms with Crippen LogP contribution in [-0.2, 0) is 15.6 Å². The van der Waals surface area contributed by atoms with Crippen molar-refractivity contribution in [1.29, 1.82) is 0 Å². The minimum Gasteiger partial charge on any atom is -0.496 e. The zero-order valence-electron chi connectivity index (χ0n) is 20.8. The molecule has 3 aromatic rings. The zero-order valence-corrected chi connectivity index (χ0v) is 21.6. The second-order valence-corrected chi connectivity index (χ2v) is 10.6. The fraction of sp³-hybridized carbons (Fsp3) is 0.346. The number of methoxy groups -OCH3 is 1. The first-order valence-electron chi connectivity index (χ1n) is 12.2. The fourth-order valence-electron chi connectivity index (χ4n) is 4.53. The summed E-state index contributed by atoms with van der Waals surface area (Å²) in [6.07, 6.45) is 4.37. The van der Waals surface area contributed by atoms with Crippen molar-refractivity contribution in [3.8, 4) is 5.75 Å². The Kier molecular flexibility index (Phi) is 8.70. The molecule has 1 aliphatic heterocycles. The summed E-state index contributed by atoms with van der Waals surface area (Å²) in [7, 11) is -2.12. The van der Waals surface area contributed by atoms with Gasteiger partial charge in [-0.25, -0.2) is 14.7 Å². The van der Waals surface area contributed by atoms with E-state index in [4.69, 9.17) is 4.74 Å². The summed E-state index contributed by atoms with van der Waals surface area (Å²) in [6.45, 7) is 1.63. The summed E-state index contributed by atoms with van der Waals surface area (Å²) in [6, 6.07) is 18.8. The Labute approximate surface area is 217 Å². The Hall–Kier alpha value is -3.54. The molecule has 1 saturated heterocycles. The van der Waals surface area contributed by atoms with E-state index >= 15 is 0 Å². The second-order valence-electron chi connectivity index (χ2n) is 8.83. The van der Waals surface area contributed by atoms with Gasteiger partial charge >= 0.3 is 0 Å². The molecule has 0 atom stereocenters. The number of hydrogen-bond acceptors (Lipinski definition) is 7. The smallest absolute Gasteiger partial charge is 0.279 e. The first kappa shape index (κ1) is 26.5. The molecule has 0 radical (unpaired) electrons. The van der Waals surface area contributed by atoms with Crippen LogP contribution < -0.4 is 20.1 Å². The number of aromatic nitrogens is 2. The largest absolute Gasteiger partial charge is 0.496 e. The van der Waals surface area contributed by atoms with Gasteiger partial charge in [-0.3, -0.25) is 4.79 Å². The number of amides is 1. The standard InChI is InChI=1S/C26H32N6O4S/c1-36-23-11-6-5-10-22(23)24(33)30-20-26(21-8-3-2-4-9-21)12-18-32(19-13-26)37(34,35)31-17-16-29-25-27-14-7-15-28-25/h2-11,14-15,31H,12-13,16-20H2,1H3,(H,30,33)(H,27,28,29). The van der Waals surface area contributed by atoms with E-state index in [9.17, 15) is 13.2 Å². The number of para-hydroxylation sites is 1. The summed E-state index contributed by atoms with van der Waals surface area (Å²) in [4.78, 5) is 21.1. The maximum Gasteiger partial charge on any atom is 0.279 e. The average molecular weight is 525 g/mol. The zero-order chi connectivity index (χ0) is 26.1. The van der Waals surface area contributed by atoms with Gasteiger partial charge in [0.2, 0.25) is 5.95 Å². The normalized spacial score (nSPS) is 15.6. The lowest BCUT2D eigenvalue weighted by molar-refractivity contribution is 0.0929. The molecular weight excluding hydrogens is 492 g/mol. The highest BCUT2D eigenvalue weighted by atomic mass is 32.2. The third-order valence-electron chi connectivity index (χ3n) is 6.60. The molecule has 1 fully saturated rings. The van der Waals surface area contributed by atoms with Crippen molar-refractivity contribution < 1.29 is 17.9 Å². The third kappa shape index (κ3) is 6.62. The fourth-order valence-corrected chi connectivity index (χ4v) is 5.73. The topological polar surface area (TPSA) is 126 Å². The van der Waals surface area contributed by atoms with Crippen molar-refractivity contribution in [2.75, 3.05) is 45.2 Å². The predicted molar refractivity (Wildman–Crippen MR) is 142 cm³/mol. The number of piperidine rings is 1. The highest BCUT2D eigenvalue weighted by Crippen LogP contribution is 2.36. The number of anilines is 1. The van der Waals surface area contributed by atoms with E-state index in [2.05, 4.69) is 25.3 Å². The van der Waals surface area contributed by atoms with Crippen molar-refractivity contribution in [2.24, 2.45) is 0 Å². The van der Waals surface area contributed by atoms with Gasteiger partial charge in [-0.1, -0.05) is 42.5 Å². The van der Waals surface area contributed by atoms with Crippen LogP contribution >= 0.6 is 0 Å². The molecule has 0 unspecified atom stereocenters. The van der Waals surface area contributed by atoms with Crippen molar-refractivity contribution >= 4 is 22.1 Å². The molecule has 0 bridgehead atoms. The number of ether oxygens (including phenoxy) is 1. The summed E-state index contributed by atoms with van der Waals surface area (Å²) < 4.78 is 35.3. The lowest BCUT2D eigenvalue weighted by Crippen LogP contribution is -2.52. The summed E-state index contributed by atoms with van der Waals surface area (Å²) in [5, 5.41) is 6.06. The monoisotopic (exact) mass is 524 g/mol. The molecule has 3 N–H and O–H groups in total. The Morgan fingerprint density at radius 1 is 0.973 bits per heavy atom. The number of rotatable bonds is 11. The van der Waals surface area contributed by atoms with E-state index in [1.54, 1.807) is 36.7 Å². The average Bonchev–Trinajstić information content (AvgIpc) is 2.95. The molecule has 2 aromatic carbocycles. The second kappa shape index (κ2) is 12.1. The summed E-state index contributed by atoms with van der Waals surface area (Å²) in [5.41, 5.74) is 1.15. The van der Waals surface area contributed by atoms with Gasteiger partial charge in [-0.05, 0) is 36.6 Å². The Morgan fingerprint density at radius 3 is 2.35 bits per heavy atom. The van der Waals surface area contributed by atoms with Crippen LogP contribution in [0.15, 0.2) is 73.1 Å². The third-order valence-corrected chi connectivity index (χ3v) is 8.22. The van der Waals surface area contributed by atoms with E-state index in [1.807, 2.05) is 36.4 Å². The summed E-state index contributed by atoms with van der Waals surface area (Å²) in [5.74, 6) is 0.732. The lowest BCUT2D eigenvalue weighted by Gasteiger charge is -2.41. The van der Waals surface area contributed by atoms with E-state index in [-0.39, 0.29) is 12.5 Å². The molecule has 0 saturated carbocycles. The first-order chi connectivity index (χ1) is 17.9. The van der Waals surface area contributed by atoms with Crippen molar-refractivity contribution in [3.05, 3.63) is 84.2 Å². The Balaban J connectivity index is 1.38. The van der Waals surface area contributed by atoms with Crippen LogP contribution in [0, 0.1) is 0 Å². The molecule has 4 rings (SSSR count). The van der Waals surface area contributed by atoms with Crippen LogP contribution in [-0.4, -0.2) is 68.4 Å². The van der Waals surface area contributed by atoms with Crippen LogP contribution in [0.5, 0.6) is 5.75 Å². The van der Waals surface area contributed by atoms with Crippen LogP contribution in [0.4, 0.5) is 5.95 Å².